The second-order valence-corrected chi connectivity index (χ2v) is 6.54. The highest BCUT2D eigenvalue weighted by atomic mass is 32.1. The maximum absolute atomic E-state index is 10.2. The normalized spacial score (nSPS) is 18.6. The van der Waals surface area contributed by atoms with Crippen LogP contribution in [0.15, 0.2) is 6.20 Å². The Hall–Kier alpha value is -0.530. The van der Waals surface area contributed by atoms with Crippen LogP contribution < -0.4 is 0 Å². The molecule has 0 bridgehead atoms. The van der Waals surface area contributed by atoms with Crippen LogP contribution in [0.1, 0.15) is 16.8 Å². The zero-order valence-corrected chi connectivity index (χ0v) is 13.2. The van der Waals surface area contributed by atoms with E-state index in [0.29, 0.717) is 6.54 Å². The molecule has 0 aliphatic carbocycles. The number of aliphatic hydroxyl groups is 1. The van der Waals surface area contributed by atoms with Crippen LogP contribution in [-0.2, 0) is 17.7 Å². The van der Waals surface area contributed by atoms with Crippen molar-refractivity contribution in [2.24, 2.45) is 0 Å². The number of aryl methyl sites for hydroxylation is 1. The third-order valence-electron chi connectivity index (χ3n) is 3.45. The molecule has 0 spiro atoms. The van der Waals surface area contributed by atoms with Gasteiger partial charge in [0.2, 0.25) is 0 Å². The molecule has 114 valence electrons. The van der Waals surface area contributed by atoms with Crippen LogP contribution in [-0.4, -0.2) is 72.4 Å². The van der Waals surface area contributed by atoms with E-state index in [1.807, 2.05) is 13.2 Å². The van der Waals surface area contributed by atoms with Gasteiger partial charge in [0.25, 0.3) is 0 Å². The number of hydrogen-bond donors (Lipinski definition) is 1. The van der Waals surface area contributed by atoms with Crippen LogP contribution in [0.4, 0.5) is 0 Å². The van der Waals surface area contributed by atoms with Gasteiger partial charge in [-0.1, -0.05) is 6.92 Å². The smallest absolute Gasteiger partial charge is 0.107 e. The first kappa shape index (κ1) is 15.9. The summed E-state index contributed by atoms with van der Waals surface area (Å²) in [5.41, 5.74) is 0. The summed E-state index contributed by atoms with van der Waals surface area (Å²) in [4.78, 5) is 10.1. The number of hydrogen-bond acceptors (Lipinski definition) is 6. The van der Waals surface area contributed by atoms with Gasteiger partial charge in [-0.3, -0.25) is 9.80 Å². The van der Waals surface area contributed by atoms with Crippen LogP contribution in [0, 0.1) is 0 Å². The number of morpholine rings is 1. The molecule has 6 heteroatoms. The topological polar surface area (TPSA) is 48.8 Å². The van der Waals surface area contributed by atoms with E-state index in [-0.39, 0.29) is 6.10 Å². The van der Waals surface area contributed by atoms with Crippen molar-refractivity contribution in [1.29, 1.82) is 0 Å². The van der Waals surface area contributed by atoms with Gasteiger partial charge in [0.05, 0.1) is 25.9 Å². The molecule has 1 unspecified atom stereocenters. The molecule has 0 amide bonds. The average Bonchev–Trinajstić information content (AvgIpc) is 2.87. The van der Waals surface area contributed by atoms with Gasteiger partial charge in [0.1, 0.15) is 5.01 Å². The maximum Gasteiger partial charge on any atom is 0.107 e. The molecule has 0 saturated carbocycles. The van der Waals surface area contributed by atoms with E-state index in [4.69, 9.17) is 4.74 Å². The molecule has 2 heterocycles. The number of nitrogens with zero attached hydrogens (tertiary/aromatic N) is 3. The first-order valence-corrected chi connectivity index (χ1v) is 8.09. The van der Waals surface area contributed by atoms with Crippen LogP contribution >= 0.6 is 11.3 Å². The lowest BCUT2D eigenvalue weighted by Crippen LogP contribution is -2.43. The van der Waals surface area contributed by atoms with Gasteiger partial charge in [0.15, 0.2) is 0 Å². The Balaban J connectivity index is 1.71. The molecule has 1 N–H and O–H groups in total. The van der Waals surface area contributed by atoms with E-state index < -0.39 is 0 Å². The monoisotopic (exact) mass is 299 g/mol. The van der Waals surface area contributed by atoms with Gasteiger partial charge in [-0.2, -0.15) is 0 Å². The molecule has 1 aromatic heterocycles. The highest BCUT2D eigenvalue weighted by molar-refractivity contribution is 7.11. The minimum atomic E-state index is -0.316. The third-order valence-corrected chi connectivity index (χ3v) is 4.58. The minimum Gasteiger partial charge on any atom is -0.390 e. The third kappa shape index (κ3) is 5.10. The zero-order chi connectivity index (χ0) is 14.4. The predicted octanol–water partition coefficient (Wildman–Crippen LogP) is 0.830. The summed E-state index contributed by atoms with van der Waals surface area (Å²) in [6.45, 7) is 7.77. The van der Waals surface area contributed by atoms with Crippen molar-refractivity contribution in [3.05, 3.63) is 16.1 Å². The molecule has 1 aliphatic heterocycles. The number of rotatable bonds is 7. The maximum atomic E-state index is 10.2. The Morgan fingerprint density at radius 2 is 2.25 bits per heavy atom. The van der Waals surface area contributed by atoms with Crippen LogP contribution in [0.5, 0.6) is 0 Å². The molecule has 20 heavy (non-hydrogen) atoms. The van der Waals surface area contributed by atoms with Gasteiger partial charge in [-0.15, -0.1) is 11.3 Å². The second-order valence-electron chi connectivity index (χ2n) is 5.34. The standard InChI is InChI=1S/C14H25N3O2S/c1-3-13-8-15-14(20-13)11-16(2)9-12(18)10-17-4-6-19-7-5-17/h8,12,18H,3-7,9-11H2,1-2H3. The Morgan fingerprint density at radius 3 is 2.90 bits per heavy atom. The number of β-amino-alcohol motifs (C(OH)–C–C–N with tert-alkyl or cyclic N) is 1. The van der Waals surface area contributed by atoms with E-state index >= 15 is 0 Å². The zero-order valence-electron chi connectivity index (χ0n) is 12.4. The number of likely N-dealkylation sites (N-methyl/N-ethyl adjacent to an activating group) is 1. The van der Waals surface area contributed by atoms with Crippen molar-refractivity contribution >= 4 is 11.3 Å². The molecule has 1 atom stereocenters. The van der Waals surface area contributed by atoms with Crippen LogP contribution in [0.2, 0.25) is 0 Å². The quantitative estimate of drug-likeness (QED) is 0.808. The van der Waals surface area contributed by atoms with Crippen LogP contribution in [0.3, 0.4) is 0 Å². The van der Waals surface area contributed by atoms with Gasteiger partial charge in [0, 0.05) is 37.3 Å². The molecule has 1 aromatic rings. The first-order chi connectivity index (χ1) is 9.67. The van der Waals surface area contributed by atoms with Crippen molar-refractivity contribution in [2.45, 2.75) is 26.0 Å². The summed E-state index contributed by atoms with van der Waals surface area (Å²) in [6, 6.07) is 0. The molecular formula is C14H25N3O2S. The number of aliphatic hydroxyl groups excluding tert-OH is 1. The van der Waals surface area contributed by atoms with E-state index in [1.165, 1.54) is 4.88 Å². The lowest BCUT2D eigenvalue weighted by molar-refractivity contribution is 0.00825. The Labute approximate surface area is 125 Å². The van der Waals surface area contributed by atoms with Crippen molar-refractivity contribution in [3.8, 4) is 0 Å². The molecule has 1 saturated heterocycles. The van der Waals surface area contributed by atoms with Crippen molar-refractivity contribution in [1.82, 2.24) is 14.8 Å². The number of thiazole rings is 1. The highest BCUT2D eigenvalue weighted by Gasteiger charge is 2.16. The van der Waals surface area contributed by atoms with Gasteiger partial charge < -0.3 is 9.84 Å². The summed E-state index contributed by atoms with van der Waals surface area (Å²) >= 11 is 1.76. The number of ether oxygens (including phenoxy) is 1. The second kappa shape index (κ2) is 8.05. The molecular weight excluding hydrogens is 274 g/mol. The molecule has 2 rings (SSSR count). The number of aromatic nitrogens is 1. The van der Waals surface area contributed by atoms with Gasteiger partial charge in [-0.25, -0.2) is 4.98 Å². The van der Waals surface area contributed by atoms with Crippen molar-refractivity contribution in [3.63, 3.8) is 0 Å². The fourth-order valence-corrected chi connectivity index (χ4v) is 3.32. The van der Waals surface area contributed by atoms with Gasteiger partial charge >= 0.3 is 0 Å². The van der Waals surface area contributed by atoms with E-state index in [2.05, 4.69) is 21.7 Å². The molecule has 0 radical (unpaired) electrons. The molecule has 0 aromatic carbocycles. The Bertz CT molecular complexity index is 394. The average molecular weight is 299 g/mol. The summed E-state index contributed by atoms with van der Waals surface area (Å²) in [7, 11) is 2.04. The Morgan fingerprint density at radius 1 is 1.50 bits per heavy atom. The summed E-state index contributed by atoms with van der Waals surface area (Å²) < 4.78 is 5.31. The fourth-order valence-electron chi connectivity index (χ4n) is 2.38. The fraction of sp³-hybridized carbons (Fsp3) is 0.786. The first-order valence-electron chi connectivity index (χ1n) is 7.27. The molecule has 5 nitrogen and oxygen atoms in total. The minimum absolute atomic E-state index is 0.316. The summed E-state index contributed by atoms with van der Waals surface area (Å²) in [6.07, 6.45) is 2.68. The van der Waals surface area contributed by atoms with E-state index in [1.54, 1.807) is 11.3 Å². The van der Waals surface area contributed by atoms with Crippen molar-refractivity contribution in [2.75, 3.05) is 46.4 Å². The summed E-state index contributed by atoms with van der Waals surface area (Å²) in [5, 5.41) is 11.3. The van der Waals surface area contributed by atoms with Crippen molar-refractivity contribution < 1.29 is 9.84 Å². The predicted molar refractivity (Wildman–Crippen MR) is 81.1 cm³/mol. The largest absolute Gasteiger partial charge is 0.390 e. The molecule has 1 aliphatic rings. The lowest BCUT2D eigenvalue weighted by atomic mass is 10.3. The summed E-state index contributed by atoms with van der Waals surface area (Å²) in [5.74, 6) is 0. The van der Waals surface area contributed by atoms with E-state index in [9.17, 15) is 5.11 Å². The molecule has 1 fully saturated rings. The SMILES string of the molecule is CCc1cnc(CN(C)CC(O)CN2CCOCC2)s1. The van der Waals surface area contributed by atoms with Gasteiger partial charge in [-0.05, 0) is 13.5 Å². The Kier molecular flexibility index (Phi) is 6.38. The van der Waals surface area contributed by atoms with E-state index in [0.717, 1.165) is 50.8 Å². The lowest BCUT2D eigenvalue weighted by Gasteiger charge is -2.29. The highest BCUT2D eigenvalue weighted by Crippen LogP contribution is 2.15. The van der Waals surface area contributed by atoms with Crippen LogP contribution in [0.25, 0.3) is 0 Å².